The van der Waals surface area contributed by atoms with Gasteiger partial charge >= 0.3 is 0 Å². The van der Waals surface area contributed by atoms with Crippen LogP contribution in [0, 0.1) is 63.2 Å². The predicted octanol–water partition coefficient (Wildman–Crippen LogP) is 6.91. The third-order valence-electron chi connectivity index (χ3n) is 8.87. The molecule has 2 bridgehead atoms. The second-order valence-corrected chi connectivity index (χ2v) is 10.2. The van der Waals surface area contributed by atoms with Crippen LogP contribution in [0.25, 0.3) is 6.08 Å². The maximum atomic E-state index is 13.7. The van der Waals surface area contributed by atoms with Gasteiger partial charge in [0.05, 0.1) is 0 Å². The number of hydrogen-bond donors (Lipinski definition) is 0. The Balaban J connectivity index is 2.26. The van der Waals surface area contributed by atoms with Gasteiger partial charge < -0.3 is 0 Å². The van der Waals surface area contributed by atoms with E-state index in [0.29, 0.717) is 23.5 Å². The topological polar surface area (TPSA) is 17.1 Å². The summed E-state index contributed by atoms with van der Waals surface area (Å²) >= 11 is 0. The molecule has 0 spiro atoms. The van der Waals surface area contributed by atoms with Gasteiger partial charge in [0.15, 0.2) is 5.78 Å². The second kappa shape index (κ2) is 6.33. The van der Waals surface area contributed by atoms with Gasteiger partial charge in [-0.25, -0.2) is 0 Å². The smallest absolute Gasteiger partial charge is 0.165 e. The van der Waals surface area contributed by atoms with E-state index >= 15 is 0 Å². The van der Waals surface area contributed by atoms with Gasteiger partial charge in [-0.3, -0.25) is 4.79 Å². The molecule has 3 rings (SSSR count). The van der Waals surface area contributed by atoms with Crippen LogP contribution in [0.1, 0.15) is 80.8 Å². The Morgan fingerprint density at radius 3 is 1.85 bits per heavy atom. The van der Waals surface area contributed by atoms with E-state index in [9.17, 15) is 4.79 Å². The summed E-state index contributed by atoms with van der Waals surface area (Å²) in [5.74, 6) is 2.04. The average Bonchev–Trinajstić information content (AvgIpc) is 2.94. The number of Topliss-reactive ketones (excluding diaryl/α,β-unsaturated/α-hetero) is 1. The fourth-order valence-corrected chi connectivity index (χ4v) is 6.48. The molecule has 2 aliphatic carbocycles. The van der Waals surface area contributed by atoms with Gasteiger partial charge in [-0.2, -0.15) is 0 Å². The molecule has 0 N–H and O–H groups in total. The first-order valence-electron chi connectivity index (χ1n) is 10.8. The molecular weight excluding hydrogens is 328 g/mol. The molecule has 1 aromatic rings. The molecule has 3 atom stereocenters. The normalized spacial score (nSPS) is 30.8. The SMILES string of the molecule is CCC12CC(C(C)C)C(/C(=C/c3c(C)c(C)c(C)c(C)c3C)C1=O)C2(C)C. The first kappa shape index (κ1) is 20.4. The van der Waals surface area contributed by atoms with Crippen LogP contribution in [0.5, 0.6) is 0 Å². The molecule has 148 valence electrons. The lowest BCUT2D eigenvalue weighted by Crippen LogP contribution is -2.35. The Morgan fingerprint density at radius 1 is 0.963 bits per heavy atom. The minimum atomic E-state index is -0.172. The molecule has 1 heteroatoms. The Morgan fingerprint density at radius 2 is 1.44 bits per heavy atom. The van der Waals surface area contributed by atoms with Gasteiger partial charge in [-0.1, -0.05) is 34.6 Å². The van der Waals surface area contributed by atoms with E-state index in [1.165, 1.54) is 33.4 Å². The van der Waals surface area contributed by atoms with E-state index in [-0.39, 0.29) is 10.8 Å². The first-order valence-corrected chi connectivity index (χ1v) is 10.8. The van der Waals surface area contributed by atoms with Crippen molar-refractivity contribution in [3.05, 3.63) is 39.0 Å². The zero-order chi connectivity index (χ0) is 20.5. The lowest BCUT2D eigenvalue weighted by atomic mass is 9.67. The molecule has 0 heterocycles. The zero-order valence-corrected chi connectivity index (χ0v) is 19.1. The molecule has 27 heavy (non-hydrogen) atoms. The lowest BCUT2D eigenvalue weighted by Gasteiger charge is -2.35. The summed E-state index contributed by atoms with van der Waals surface area (Å²) in [6, 6.07) is 0. The number of ketones is 1. The third-order valence-corrected chi connectivity index (χ3v) is 8.87. The highest BCUT2D eigenvalue weighted by atomic mass is 16.1. The van der Waals surface area contributed by atoms with Crippen molar-refractivity contribution in [2.75, 3.05) is 0 Å². The van der Waals surface area contributed by atoms with Gasteiger partial charge in [-0.05, 0) is 110 Å². The minimum Gasteiger partial charge on any atom is -0.294 e. The van der Waals surface area contributed by atoms with Crippen LogP contribution in [0.3, 0.4) is 0 Å². The highest BCUT2D eigenvalue weighted by molar-refractivity contribution is 6.08. The third kappa shape index (κ3) is 2.46. The average molecular weight is 367 g/mol. The molecule has 0 aromatic heterocycles. The van der Waals surface area contributed by atoms with Gasteiger partial charge in [0, 0.05) is 11.0 Å². The van der Waals surface area contributed by atoms with E-state index in [0.717, 1.165) is 18.4 Å². The summed E-state index contributed by atoms with van der Waals surface area (Å²) in [5.41, 5.74) is 9.07. The van der Waals surface area contributed by atoms with Gasteiger partial charge in [0.25, 0.3) is 0 Å². The van der Waals surface area contributed by atoms with Crippen LogP contribution in [-0.2, 0) is 4.79 Å². The number of benzene rings is 1. The van der Waals surface area contributed by atoms with Crippen molar-refractivity contribution in [1.82, 2.24) is 0 Å². The highest BCUT2D eigenvalue weighted by Gasteiger charge is 2.69. The van der Waals surface area contributed by atoms with Crippen molar-refractivity contribution in [2.24, 2.45) is 28.6 Å². The van der Waals surface area contributed by atoms with E-state index in [1.807, 2.05) is 0 Å². The first-order chi connectivity index (χ1) is 12.4. The van der Waals surface area contributed by atoms with Crippen molar-refractivity contribution >= 4 is 11.9 Å². The standard InChI is InChI=1S/C26H38O/c1-11-26-13-22(14(2)3)23(25(26,9)10)21(24(26)27)12-20-18(7)16(5)15(4)17(6)19(20)8/h12,14,22-23H,11,13H2,1-10H3/b21-12-. The van der Waals surface area contributed by atoms with Crippen LogP contribution in [-0.4, -0.2) is 5.78 Å². The fraction of sp³-hybridized carbons (Fsp3) is 0.654. The lowest BCUT2D eigenvalue weighted by molar-refractivity contribution is -0.127. The molecule has 0 aliphatic heterocycles. The van der Waals surface area contributed by atoms with E-state index < -0.39 is 0 Å². The summed E-state index contributed by atoms with van der Waals surface area (Å²) in [6.45, 7) is 22.7. The Labute approximate surface area is 166 Å². The van der Waals surface area contributed by atoms with Crippen LogP contribution < -0.4 is 0 Å². The van der Waals surface area contributed by atoms with Crippen LogP contribution in [0.15, 0.2) is 5.57 Å². The van der Waals surface area contributed by atoms with Crippen molar-refractivity contribution in [3.63, 3.8) is 0 Å². The van der Waals surface area contributed by atoms with Gasteiger partial charge in [0.1, 0.15) is 0 Å². The van der Waals surface area contributed by atoms with Crippen LogP contribution in [0.4, 0.5) is 0 Å². The summed E-state index contributed by atoms with van der Waals surface area (Å²) in [6.07, 6.45) is 4.32. The van der Waals surface area contributed by atoms with E-state index in [4.69, 9.17) is 0 Å². The molecule has 1 aromatic carbocycles. The fourth-order valence-electron chi connectivity index (χ4n) is 6.48. The van der Waals surface area contributed by atoms with Crippen molar-refractivity contribution < 1.29 is 4.79 Å². The number of rotatable bonds is 3. The summed E-state index contributed by atoms with van der Waals surface area (Å²) in [4.78, 5) is 13.7. The van der Waals surface area contributed by atoms with Crippen molar-refractivity contribution in [3.8, 4) is 0 Å². The molecule has 3 unspecified atom stereocenters. The summed E-state index contributed by atoms with van der Waals surface area (Å²) < 4.78 is 0. The van der Waals surface area contributed by atoms with Crippen molar-refractivity contribution in [1.29, 1.82) is 0 Å². The maximum absolute atomic E-state index is 13.7. The molecular formula is C26H38O. The summed E-state index contributed by atoms with van der Waals surface area (Å²) in [7, 11) is 0. The van der Waals surface area contributed by atoms with Crippen LogP contribution in [0.2, 0.25) is 0 Å². The quantitative estimate of drug-likeness (QED) is 0.531. The zero-order valence-electron chi connectivity index (χ0n) is 19.1. The monoisotopic (exact) mass is 366 g/mol. The number of hydrogen-bond acceptors (Lipinski definition) is 1. The maximum Gasteiger partial charge on any atom is 0.165 e. The minimum absolute atomic E-state index is 0.0518. The molecule has 0 amide bonds. The summed E-state index contributed by atoms with van der Waals surface area (Å²) in [5, 5.41) is 0. The number of allylic oxidation sites excluding steroid dienone is 1. The molecule has 2 saturated carbocycles. The highest BCUT2D eigenvalue weighted by Crippen LogP contribution is 2.70. The van der Waals surface area contributed by atoms with E-state index in [1.54, 1.807) is 0 Å². The molecule has 0 saturated heterocycles. The van der Waals surface area contributed by atoms with Crippen LogP contribution >= 0.6 is 0 Å². The predicted molar refractivity (Wildman–Crippen MR) is 116 cm³/mol. The number of fused-ring (bicyclic) bond motifs is 2. The van der Waals surface area contributed by atoms with Crippen molar-refractivity contribution in [2.45, 2.75) is 82.1 Å². The largest absolute Gasteiger partial charge is 0.294 e. The Kier molecular flexibility index (Phi) is 4.77. The molecule has 1 nitrogen and oxygen atoms in total. The van der Waals surface area contributed by atoms with Gasteiger partial charge in [0.2, 0.25) is 0 Å². The number of carbonyl (C=O) groups is 1. The molecule has 2 aliphatic rings. The number of carbonyl (C=O) groups excluding carboxylic acids is 1. The molecule has 2 fully saturated rings. The second-order valence-electron chi connectivity index (χ2n) is 10.2. The Bertz CT molecular complexity index is 807. The molecule has 0 radical (unpaired) electrons. The Hall–Kier alpha value is -1.37. The van der Waals surface area contributed by atoms with E-state index in [2.05, 4.69) is 75.3 Å². The van der Waals surface area contributed by atoms with Gasteiger partial charge in [-0.15, -0.1) is 0 Å².